The summed E-state index contributed by atoms with van der Waals surface area (Å²) in [4.78, 5) is 29.4. The van der Waals surface area contributed by atoms with Crippen LogP contribution in [0.2, 0.25) is 5.02 Å². The van der Waals surface area contributed by atoms with E-state index < -0.39 is 29.7 Å². The Morgan fingerprint density at radius 1 is 1.23 bits per heavy atom. The van der Waals surface area contributed by atoms with Crippen LogP contribution in [0.4, 0.5) is 4.39 Å². The fraction of sp³-hybridized carbons (Fsp3) is 0.211. The molecule has 5 nitrogen and oxygen atoms in total. The van der Waals surface area contributed by atoms with Crippen molar-refractivity contribution < 1.29 is 18.7 Å². The molecule has 0 aliphatic carbocycles. The maximum Gasteiger partial charge on any atom is 0.321 e. The standard InChI is InChI=1S/C19H16ClFN2O3/c1-2-26-19(25)15-16(14-12(20)9-6-10-13(14)21)22-17(23-18(15)24)11-7-4-3-5-8-11/h3-10,15-16H,2H2,1H3,(H,22,23,24)/t15-,16+/m1/s1. The zero-order chi connectivity index (χ0) is 18.7. The number of amides is 1. The first-order chi connectivity index (χ1) is 12.5. The van der Waals surface area contributed by atoms with E-state index in [1.54, 1.807) is 31.2 Å². The van der Waals surface area contributed by atoms with Gasteiger partial charge in [-0.05, 0) is 19.1 Å². The number of esters is 1. The van der Waals surface area contributed by atoms with Gasteiger partial charge in [-0.25, -0.2) is 4.39 Å². The van der Waals surface area contributed by atoms with Gasteiger partial charge < -0.3 is 10.1 Å². The molecule has 0 saturated heterocycles. The largest absolute Gasteiger partial charge is 0.465 e. The van der Waals surface area contributed by atoms with Gasteiger partial charge in [0.05, 0.1) is 6.61 Å². The van der Waals surface area contributed by atoms with Gasteiger partial charge in [-0.3, -0.25) is 14.6 Å². The lowest BCUT2D eigenvalue weighted by Crippen LogP contribution is -2.47. The number of hydrogen-bond donors (Lipinski definition) is 1. The van der Waals surface area contributed by atoms with Crippen molar-refractivity contribution in [2.45, 2.75) is 13.0 Å². The van der Waals surface area contributed by atoms with Crippen LogP contribution in [-0.2, 0) is 14.3 Å². The van der Waals surface area contributed by atoms with Gasteiger partial charge in [-0.1, -0.05) is 48.0 Å². The molecule has 1 heterocycles. The van der Waals surface area contributed by atoms with E-state index in [4.69, 9.17) is 16.3 Å². The quantitative estimate of drug-likeness (QED) is 0.659. The van der Waals surface area contributed by atoms with Crippen LogP contribution in [0.25, 0.3) is 0 Å². The summed E-state index contributed by atoms with van der Waals surface area (Å²) in [6.45, 7) is 1.72. The maximum atomic E-state index is 14.5. The van der Waals surface area contributed by atoms with E-state index in [0.717, 1.165) is 0 Å². The molecule has 134 valence electrons. The molecule has 1 aliphatic heterocycles. The highest BCUT2D eigenvalue weighted by Gasteiger charge is 2.43. The third-order valence-corrected chi connectivity index (χ3v) is 4.32. The predicted octanol–water partition coefficient (Wildman–Crippen LogP) is 3.28. The molecule has 26 heavy (non-hydrogen) atoms. The van der Waals surface area contributed by atoms with Crippen LogP contribution >= 0.6 is 11.6 Å². The average Bonchev–Trinajstić information content (AvgIpc) is 2.62. The Balaban J connectivity index is 2.14. The Kier molecular flexibility index (Phi) is 5.32. The van der Waals surface area contributed by atoms with Crippen LogP contribution < -0.4 is 5.32 Å². The second-order valence-electron chi connectivity index (χ2n) is 5.64. The van der Waals surface area contributed by atoms with Gasteiger partial charge in [0, 0.05) is 16.1 Å². The monoisotopic (exact) mass is 374 g/mol. The summed E-state index contributed by atoms with van der Waals surface area (Å²) in [7, 11) is 0. The predicted molar refractivity (Wildman–Crippen MR) is 95.4 cm³/mol. The van der Waals surface area contributed by atoms with Crippen molar-refractivity contribution in [1.82, 2.24) is 5.32 Å². The summed E-state index contributed by atoms with van der Waals surface area (Å²) in [5.74, 6) is -3.09. The Morgan fingerprint density at radius 2 is 1.96 bits per heavy atom. The van der Waals surface area contributed by atoms with Gasteiger partial charge in [-0.15, -0.1) is 0 Å². The fourth-order valence-electron chi connectivity index (χ4n) is 2.82. The summed E-state index contributed by atoms with van der Waals surface area (Å²) < 4.78 is 19.5. The van der Waals surface area contributed by atoms with Gasteiger partial charge in [0.1, 0.15) is 17.7 Å². The van der Waals surface area contributed by atoms with Gasteiger partial charge >= 0.3 is 5.97 Å². The first kappa shape index (κ1) is 18.1. The molecule has 2 aromatic rings. The van der Waals surface area contributed by atoms with E-state index in [1.807, 2.05) is 6.07 Å². The molecule has 0 aromatic heterocycles. The molecule has 1 aliphatic rings. The molecule has 0 bridgehead atoms. The Bertz CT molecular complexity index is 850. The minimum atomic E-state index is -1.32. The fourth-order valence-corrected chi connectivity index (χ4v) is 3.09. The zero-order valence-electron chi connectivity index (χ0n) is 13.9. The molecule has 2 aromatic carbocycles. The van der Waals surface area contributed by atoms with Crippen LogP contribution in [0.5, 0.6) is 0 Å². The van der Waals surface area contributed by atoms with Crippen molar-refractivity contribution in [3.8, 4) is 0 Å². The van der Waals surface area contributed by atoms with Crippen LogP contribution in [0.15, 0.2) is 53.5 Å². The number of benzene rings is 2. The third-order valence-electron chi connectivity index (χ3n) is 3.99. The van der Waals surface area contributed by atoms with Gasteiger partial charge in [0.25, 0.3) is 0 Å². The number of rotatable bonds is 4. The molecule has 2 atom stereocenters. The molecular weight excluding hydrogens is 359 g/mol. The van der Waals surface area contributed by atoms with Crippen molar-refractivity contribution in [3.63, 3.8) is 0 Å². The van der Waals surface area contributed by atoms with Gasteiger partial charge in [0.2, 0.25) is 5.91 Å². The van der Waals surface area contributed by atoms with Crippen LogP contribution in [0.3, 0.4) is 0 Å². The number of nitrogens with zero attached hydrogens (tertiary/aromatic N) is 1. The number of ether oxygens (including phenoxy) is 1. The molecule has 0 spiro atoms. The van der Waals surface area contributed by atoms with Crippen molar-refractivity contribution in [2.24, 2.45) is 10.9 Å². The van der Waals surface area contributed by atoms with Crippen LogP contribution in [0, 0.1) is 11.7 Å². The van der Waals surface area contributed by atoms with E-state index >= 15 is 0 Å². The Morgan fingerprint density at radius 3 is 2.62 bits per heavy atom. The van der Waals surface area contributed by atoms with Crippen molar-refractivity contribution in [1.29, 1.82) is 0 Å². The summed E-state index contributed by atoms with van der Waals surface area (Å²) in [5.41, 5.74) is 0.635. The van der Waals surface area contributed by atoms with Gasteiger partial charge in [-0.2, -0.15) is 0 Å². The van der Waals surface area contributed by atoms with E-state index in [-0.39, 0.29) is 23.0 Å². The Labute approximate surface area is 154 Å². The molecule has 0 unspecified atom stereocenters. The first-order valence-electron chi connectivity index (χ1n) is 8.07. The second-order valence-corrected chi connectivity index (χ2v) is 6.05. The number of hydrogen-bond acceptors (Lipinski definition) is 4. The minimum absolute atomic E-state index is 0.00417. The lowest BCUT2D eigenvalue weighted by atomic mass is 9.90. The van der Waals surface area contributed by atoms with E-state index in [0.29, 0.717) is 5.56 Å². The second kappa shape index (κ2) is 7.66. The highest BCUT2D eigenvalue weighted by atomic mass is 35.5. The number of carbonyl (C=O) groups is 2. The minimum Gasteiger partial charge on any atom is -0.465 e. The van der Waals surface area contributed by atoms with Crippen molar-refractivity contribution in [2.75, 3.05) is 6.61 Å². The van der Waals surface area contributed by atoms with Crippen molar-refractivity contribution in [3.05, 3.63) is 70.5 Å². The van der Waals surface area contributed by atoms with Gasteiger partial charge in [0.15, 0.2) is 5.92 Å². The molecule has 3 rings (SSSR count). The number of halogens is 2. The SMILES string of the molecule is CCOC(=O)[C@H]1C(=O)NC(c2ccccc2)=N[C@H]1c1c(F)cccc1Cl. The lowest BCUT2D eigenvalue weighted by molar-refractivity contribution is -0.153. The molecule has 0 fully saturated rings. The molecule has 0 radical (unpaired) electrons. The van der Waals surface area contributed by atoms with Crippen molar-refractivity contribution >= 4 is 29.3 Å². The third kappa shape index (κ3) is 3.46. The van der Waals surface area contributed by atoms with Crippen LogP contribution in [0.1, 0.15) is 24.1 Å². The number of carbonyl (C=O) groups excluding carboxylic acids is 2. The van der Waals surface area contributed by atoms with Crippen LogP contribution in [-0.4, -0.2) is 24.3 Å². The Hall–Kier alpha value is -2.73. The maximum absolute atomic E-state index is 14.5. The topological polar surface area (TPSA) is 67.8 Å². The average molecular weight is 375 g/mol. The van der Waals surface area contributed by atoms with E-state index in [2.05, 4.69) is 10.3 Å². The first-order valence-corrected chi connectivity index (χ1v) is 8.45. The molecule has 1 N–H and O–H groups in total. The molecular formula is C19H16ClFN2O3. The van der Waals surface area contributed by atoms with E-state index in [9.17, 15) is 14.0 Å². The smallest absolute Gasteiger partial charge is 0.321 e. The molecule has 7 heteroatoms. The highest BCUT2D eigenvalue weighted by molar-refractivity contribution is 6.31. The normalized spacial score (nSPS) is 19.5. The highest BCUT2D eigenvalue weighted by Crippen LogP contribution is 2.36. The molecule has 1 amide bonds. The summed E-state index contributed by atoms with van der Waals surface area (Å²) in [5, 5.41) is 2.70. The van der Waals surface area contributed by atoms with E-state index in [1.165, 1.54) is 18.2 Å². The summed E-state index contributed by atoms with van der Waals surface area (Å²) in [6, 6.07) is 11.9. The number of amidine groups is 1. The summed E-state index contributed by atoms with van der Waals surface area (Å²) in [6.07, 6.45) is 0. The summed E-state index contributed by atoms with van der Waals surface area (Å²) >= 11 is 6.16. The molecule has 0 saturated carbocycles. The number of aliphatic imine (C=N–C) groups is 1. The zero-order valence-corrected chi connectivity index (χ0v) is 14.7. The lowest BCUT2D eigenvalue weighted by Gasteiger charge is -2.28. The number of nitrogens with one attached hydrogen (secondary N) is 1.